The van der Waals surface area contributed by atoms with Crippen LogP contribution in [0.3, 0.4) is 0 Å². The summed E-state index contributed by atoms with van der Waals surface area (Å²) < 4.78 is 0.910. The molecule has 0 saturated heterocycles. The molecule has 3 nitrogen and oxygen atoms in total. The van der Waals surface area contributed by atoms with Gasteiger partial charge in [0.05, 0.1) is 15.9 Å². The molecule has 1 aromatic carbocycles. The van der Waals surface area contributed by atoms with E-state index in [0.29, 0.717) is 5.13 Å². The zero-order chi connectivity index (χ0) is 14.5. The molecule has 2 unspecified atom stereocenters. The molecule has 1 heterocycles. The molecular formula is C15H17BrN2OS. The number of hydrogen-bond donors (Lipinski definition) is 1. The van der Waals surface area contributed by atoms with Crippen LogP contribution in [-0.4, -0.2) is 10.9 Å². The van der Waals surface area contributed by atoms with E-state index in [1.165, 1.54) is 11.3 Å². The van der Waals surface area contributed by atoms with Crippen LogP contribution in [0, 0.1) is 5.92 Å². The summed E-state index contributed by atoms with van der Waals surface area (Å²) in [5.41, 5.74) is 1.05. The Bertz CT molecular complexity index is 570. The van der Waals surface area contributed by atoms with Crippen molar-refractivity contribution in [3.8, 4) is 0 Å². The number of rotatable bonds is 5. The average molecular weight is 353 g/mol. The van der Waals surface area contributed by atoms with E-state index < -0.39 is 0 Å². The van der Waals surface area contributed by atoms with Crippen LogP contribution >= 0.6 is 27.3 Å². The molecule has 2 atom stereocenters. The van der Waals surface area contributed by atoms with E-state index in [2.05, 4.69) is 40.1 Å². The summed E-state index contributed by atoms with van der Waals surface area (Å²) in [7, 11) is 0. The van der Waals surface area contributed by atoms with E-state index in [9.17, 15) is 4.79 Å². The number of thiazole rings is 1. The normalized spacial score (nSPS) is 13.8. The molecule has 0 aliphatic rings. The van der Waals surface area contributed by atoms with Gasteiger partial charge in [-0.15, -0.1) is 0 Å². The smallest absolute Gasteiger partial charge is 0.233 e. The summed E-state index contributed by atoms with van der Waals surface area (Å²) >= 11 is 4.77. The molecule has 20 heavy (non-hydrogen) atoms. The van der Waals surface area contributed by atoms with Gasteiger partial charge >= 0.3 is 0 Å². The van der Waals surface area contributed by atoms with Gasteiger partial charge in [0.15, 0.2) is 5.13 Å². The molecule has 0 aliphatic carbocycles. The Morgan fingerprint density at radius 1 is 1.40 bits per heavy atom. The summed E-state index contributed by atoms with van der Waals surface area (Å²) in [5.74, 6) is 0.136. The predicted octanol–water partition coefficient (Wildman–Crippen LogP) is 4.67. The Morgan fingerprint density at radius 2 is 2.10 bits per heavy atom. The molecule has 0 spiro atoms. The van der Waals surface area contributed by atoms with Gasteiger partial charge in [-0.25, -0.2) is 4.98 Å². The second-order valence-electron chi connectivity index (χ2n) is 4.73. The van der Waals surface area contributed by atoms with Crippen molar-refractivity contribution in [2.24, 2.45) is 5.92 Å². The highest BCUT2D eigenvalue weighted by molar-refractivity contribution is 9.11. The quantitative estimate of drug-likeness (QED) is 0.848. The molecule has 0 saturated carbocycles. The summed E-state index contributed by atoms with van der Waals surface area (Å²) in [5, 5.41) is 3.55. The molecule has 5 heteroatoms. The third-order valence-electron chi connectivity index (χ3n) is 3.36. The molecule has 0 radical (unpaired) electrons. The topological polar surface area (TPSA) is 42.0 Å². The summed E-state index contributed by atoms with van der Waals surface area (Å²) in [6.45, 7) is 4.21. The molecule has 2 aromatic rings. The standard InChI is InChI=1S/C15H17BrN2OS/c1-3-10(2)13(11-7-5-4-6-8-11)14(19)18-15-17-9-12(16)20-15/h4-10,13H,3H2,1-2H3,(H,17,18,19). The maximum Gasteiger partial charge on any atom is 0.233 e. The largest absolute Gasteiger partial charge is 0.301 e. The van der Waals surface area contributed by atoms with Crippen molar-refractivity contribution >= 4 is 38.3 Å². The fourth-order valence-electron chi connectivity index (χ4n) is 2.13. The molecule has 0 bridgehead atoms. The number of halogens is 1. The first-order valence-electron chi connectivity index (χ1n) is 6.59. The number of hydrogen-bond acceptors (Lipinski definition) is 3. The lowest BCUT2D eigenvalue weighted by atomic mass is 9.85. The van der Waals surface area contributed by atoms with Crippen molar-refractivity contribution in [1.29, 1.82) is 0 Å². The van der Waals surface area contributed by atoms with E-state index in [4.69, 9.17) is 0 Å². The van der Waals surface area contributed by atoms with E-state index >= 15 is 0 Å². The third kappa shape index (κ3) is 3.67. The SMILES string of the molecule is CCC(C)C(C(=O)Nc1ncc(Br)s1)c1ccccc1. The van der Waals surface area contributed by atoms with Gasteiger partial charge in [-0.3, -0.25) is 4.79 Å². The molecular weight excluding hydrogens is 336 g/mol. The van der Waals surface area contributed by atoms with Crippen LogP contribution in [0.4, 0.5) is 5.13 Å². The maximum atomic E-state index is 12.6. The van der Waals surface area contributed by atoms with Gasteiger partial charge in [-0.2, -0.15) is 0 Å². The number of carbonyl (C=O) groups excluding carboxylic acids is 1. The van der Waals surface area contributed by atoms with Crippen molar-refractivity contribution in [3.05, 3.63) is 45.9 Å². The number of carbonyl (C=O) groups is 1. The van der Waals surface area contributed by atoms with Crippen LogP contribution in [0.2, 0.25) is 0 Å². The van der Waals surface area contributed by atoms with Crippen molar-refractivity contribution in [3.63, 3.8) is 0 Å². The first kappa shape index (κ1) is 15.2. The van der Waals surface area contributed by atoms with Gasteiger partial charge in [0.2, 0.25) is 5.91 Å². The lowest BCUT2D eigenvalue weighted by Crippen LogP contribution is -2.26. The molecule has 0 aliphatic heterocycles. The van der Waals surface area contributed by atoms with Crippen LogP contribution < -0.4 is 5.32 Å². The van der Waals surface area contributed by atoms with Crippen molar-refractivity contribution in [1.82, 2.24) is 4.98 Å². The molecule has 106 valence electrons. The second-order valence-corrected chi connectivity index (χ2v) is 7.14. The molecule has 2 rings (SSSR count). The predicted molar refractivity (Wildman–Crippen MR) is 87.1 cm³/mol. The maximum absolute atomic E-state index is 12.6. The zero-order valence-electron chi connectivity index (χ0n) is 11.5. The third-order valence-corrected chi connectivity index (χ3v) is 4.75. The van der Waals surface area contributed by atoms with Gasteiger partial charge in [-0.1, -0.05) is 61.9 Å². The van der Waals surface area contributed by atoms with E-state index in [1.54, 1.807) is 6.20 Å². The monoisotopic (exact) mass is 352 g/mol. The van der Waals surface area contributed by atoms with E-state index in [-0.39, 0.29) is 17.7 Å². The van der Waals surface area contributed by atoms with E-state index in [0.717, 1.165) is 15.8 Å². The van der Waals surface area contributed by atoms with Gasteiger partial charge in [0.1, 0.15) is 0 Å². The lowest BCUT2D eigenvalue weighted by Gasteiger charge is -2.22. The van der Waals surface area contributed by atoms with E-state index in [1.807, 2.05) is 30.3 Å². The van der Waals surface area contributed by atoms with Crippen LogP contribution in [0.25, 0.3) is 0 Å². The number of nitrogens with zero attached hydrogens (tertiary/aromatic N) is 1. The summed E-state index contributed by atoms with van der Waals surface area (Å²) in [6, 6.07) is 9.92. The molecule has 1 amide bonds. The number of amides is 1. The minimum Gasteiger partial charge on any atom is -0.301 e. The van der Waals surface area contributed by atoms with Gasteiger partial charge < -0.3 is 5.32 Å². The number of aromatic nitrogens is 1. The number of benzene rings is 1. The number of anilines is 1. The van der Waals surface area contributed by atoms with Gasteiger partial charge in [-0.05, 0) is 27.4 Å². The fraction of sp³-hybridized carbons (Fsp3) is 0.333. The highest BCUT2D eigenvalue weighted by atomic mass is 79.9. The van der Waals surface area contributed by atoms with Gasteiger partial charge in [0, 0.05) is 0 Å². The summed E-state index contributed by atoms with van der Waals surface area (Å²) in [6.07, 6.45) is 2.65. The Balaban J connectivity index is 2.20. The first-order valence-corrected chi connectivity index (χ1v) is 8.20. The fourth-order valence-corrected chi connectivity index (χ4v) is 3.24. The molecule has 1 N–H and O–H groups in total. The second kappa shape index (κ2) is 6.99. The minimum absolute atomic E-state index is 0.00685. The van der Waals surface area contributed by atoms with Crippen molar-refractivity contribution < 1.29 is 4.79 Å². The Morgan fingerprint density at radius 3 is 2.65 bits per heavy atom. The zero-order valence-corrected chi connectivity index (χ0v) is 13.9. The Hall–Kier alpha value is -1.20. The van der Waals surface area contributed by atoms with Gasteiger partial charge in [0.25, 0.3) is 0 Å². The highest BCUT2D eigenvalue weighted by Gasteiger charge is 2.26. The average Bonchev–Trinajstić information content (AvgIpc) is 2.85. The Labute approximate surface area is 131 Å². The highest BCUT2D eigenvalue weighted by Crippen LogP contribution is 2.30. The first-order chi connectivity index (χ1) is 9.61. The van der Waals surface area contributed by atoms with Crippen molar-refractivity contribution in [2.45, 2.75) is 26.2 Å². The number of nitrogens with one attached hydrogen (secondary N) is 1. The minimum atomic E-state index is -0.149. The van der Waals surface area contributed by atoms with Crippen LogP contribution in [0.5, 0.6) is 0 Å². The van der Waals surface area contributed by atoms with Crippen LogP contribution in [0.15, 0.2) is 40.3 Å². The molecule has 1 aromatic heterocycles. The Kier molecular flexibility index (Phi) is 5.31. The van der Waals surface area contributed by atoms with Crippen molar-refractivity contribution in [2.75, 3.05) is 5.32 Å². The lowest BCUT2D eigenvalue weighted by molar-refractivity contribution is -0.118. The summed E-state index contributed by atoms with van der Waals surface area (Å²) in [4.78, 5) is 16.7. The van der Waals surface area contributed by atoms with Crippen LogP contribution in [-0.2, 0) is 4.79 Å². The van der Waals surface area contributed by atoms with Crippen LogP contribution in [0.1, 0.15) is 31.7 Å². The molecule has 0 fully saturated rings.